The quantitative estimate of drug-likeness (QED) is 0.874. The van der Waals surface area contributed by atoms with Crippen molar-refractivity contribution in [1.82, 2.24) is 14.4 Å². The Morgan fingerprint density at radius 1 is 1.41 bits per heavy atom. The number of rotatable bonds is 3. The Balaban J connectivity index is 1.81. The number of nitrogens with zero attached hydrogens (tertiary/aromatic N) is 3. The van der Waals surface area contributed by atoms with Crippen LogP contribution in [0.5, 0.6) is 5.88 Å². The molecule has 0 unspecified atom stereocenters. The van der Waals surface area contributed by atoms with E-state index < -0.39 is 0 Å². The van der Waals surface area contributed by atoms with Crippen LogP contribution in [0.15, 0.2) is 23.2 Å². The van der Waals surface area contributed by atoms with E-state index in [0.29, 0.717) is 11.8 Å². The summed E-state index contributed by atoms with van der Waals surface area (Å²) in [6.07, 6.45) is 10.7. The first-order valence-corrected chi connectivity index (χ1v) is 6.74. The molecule has 0 spiro atoms. The van der Waals surface area contributed by atoms with Gasteiger partial charge in [-0.05, 0) is 34.7 Å². The highest BCUT2D eigenvalue weighted by molar-refractivity contribution is 9.10. The molecule has 2 heterocycles. The molecule has 1 aliphatic rings. The van der Waals surface area contributed by atoms with Gasteiger partial charge in [0.15, 0.2) is 0 Å². The molecular formula is C12H14BrN3O. The van der Waals surface area contributed by atoms with E-state index in [9.17, 15) is 0 Å². The summed E-state index contributed by atoms with van der Waals surface area (Å²) >= 11 is 3.38. The summed E-state index contributed by atoms with van der Waals surface area (Å²) in [6, 6.07) is 0. The molecule has 1 aliphatic carbocycles. The van der Waals surface area contributed by atoms with Crippen molar-refractivity contribution in [3.05, 3.63) is 23.2 Å². The monoisotopic (exact) mass is 295 g/mol. The van der Waals surface area contributed by atoms with Gasteiger partial charge in [-0.15, -0.1) is 0 Å². The highest BCUT2D eigenvalue weighted by atomic mass is 79.9. The fourth-order valence-electron chi connectivity index (χ4n) is 2.34. The lowest BCUT2D eigenvalue weighted by Crippen LogP contribution is -2.10. The molecule has 5 heteroatoms. The van der Waals surface area contributed by atoms with Gasteiger partial charge in [0, 0.05) is 18.6 Å². The van der Waals surface area contributed by atoms with Crippen molar-refractivity contribution in [1.29, 1.82) is 0 Å². The number of hydrogen-bond acceptors (Lipinski definition) is 3. The van der Waals surface area contributed by atoms with Crippen LogP contribution in [-0.4, -0.2) is 21.0 Å². The molecule has 0 bridgehead atoms. The Morgan fingerprint density at radius 2 is 2.24 bits per heavy atom. The first kappa shape index (κ1) is 11.0. The Hall–Kier alpha value is -1.10. The minimum atomic E-state index is 0.622. The maximum atomic E-state index is 5.82. The number of halogens is 1. The molecule has 0 aliphatic heterocycles. The lowest BCUT2D eigenvalue weighted by Gasteiger charge is -2.11. The van der Waals surface area contributed by atoms with E-state index in [4.69, 9.17) is 4.74 Å². The molecule has 0 radical (unpaired) electrons. The van der Waals surface area contributed by atoms with E-state index in [-0.39, 0.29) is 0 Å². The third-order valence-electron chi connectivity index (χ3n) is 3.24. The second-order valence-corrected chi connectivity index (χ2v) is 5.30. The maximum absolute atomic E-state index is 5.82. The van der Waals surface area contributed by atoms with Gasteiger partial charge in [0.2, 0.25) is 5.65 Å². The molecule has 0 aromatic carbocycles. The van der Waals surface area contributed by atoms with Gasteiger partial charge >= 0.3 is 0 Å². The van der Waals surface area contributed by atoms with E-state index in [1.807, 2.05) is 16.8 Å². The van der Waals surface area contributed by atoms with Crippen LogP contribution in [0.1, 0.15) is 25.7 Å². The highest BCUT2D eigenvalue weighted by Gasteiger charge is 2.17. The van der Waals surface area contributed by atoms with Crippen molar-refractivity contribution in [2.24, 2.45) is 5.92 Å². The minimum Gasteiger partial charge on any atom is -0.475 e. The summed E-state index contributed by atoms with van der Waals surface area (Å²) < 4.78 is 8.50. The van der Waals surface area contributed by atoms with Crippen LogP contribution < -0.4 is 4.74 Å². The minimum absolute atomic E-state index is 0.622. The van der Waals surface area contributed by atoms with Crippen LogP contribution in [0.2, 0.25) is 0 Å². The largest absolute Gasteiger partial charge is 0.475 e. The molecule has 2 aromatic heterocycles. The van der Waals surface area contributed by atoms with Gasteiger partial charge in [-0.3, -0.25) is 4.40 Å². The summed E-state index contributed by atoms with van der Waals surface area (Å²) in [5.74, 6) is 1.31. The first-order valence-electron chi connectivity index (χ1n) is 5.95. The average Bonchev–Trinajstić information content (AvgIpc) is 2.95. The van der Waals surface area contributed by atoms with Gasteiger partial charge in [0.25, 0.3) is 5.88 Å². The van der Waals surface area contributed by atoms with Gasteiger partial charge < -0.3 is 4.74 Å². The zero-order chi connectivity index (χ0) is 11.7. The Labute approximate surface area is 108 Å². The number of aromatic nitrogens is 3. The molecule has 0 saturated heterocycles. The van der Waals surface area contributed by atoms with Gasteiger partial charge in [0.1, 0.15) is 4.60 Å². The van der Waals surface area contributed by atoms with Crippen LogP contribution in [0.25, 0.3) is 5.65 Å². The van der Waals surface area contributed by atoms with E-state index in [1.165, 1.54) is 25.7 Å². The summed E-state index contributed by atoms with van der Waals surface area (Å²) in [5, 5.41) is 0. The predicted molar refractivity (Wildman–Crippen MR) is 68.1 cm³/mol. The molecule has 0 amide bonds. The Morgan fingerprint density at radius 3 is 3.06 bits per heavy atom. The lowest BCUT2D eigenvalue weighted by atomic mass is 10.1. The third kappa shape index (κ3) is 2.29. The number of hydrogen-bond donors (Lipinski definition) is 0. The Kier molecular flexibility index (Phi) is 3.01. The maximum Gasteiger partial charge on any atom is 0.259 e. The average molecular weight is 296 g/mol. The standard InChI is InChI=1S/C12H14BrN3O/c13-10-7-16-6-5-14-11(16)12(15-10)17-8-9-3-1-2-4-9/h5-7,9H,1-4,8H2. The molecule has 4 nitrogen and oxygen atoms in total. The van der Waals surface area contributed by atoms with Crippen molar-refractivity contribution >= 4 is 21.6 Å². The van der Waals surface area contributed by atoms with E-state index in [1.54, 1.807) is 6.20 Å². The van der Waals surface area contributed by atoms with Gasteiger partial charge in [-0.2, -0.15) is 0 Å². The molecule has 1 saturated carbocycles. The number of ether oxygens (including phenoxy) is 1. The fraction of sp³-hybridized carbons (Fsp3) is 0.500. The second kappa shape index (κ2) is 4.64. The zero-order valence-corrected chi connectivity index (χ0v) is 11.1. The normalized spacial score (nSPS) is 16.8. The smallest absolute Gasteiger partial charge is 0.259 e. The zero-order valence-electron chi connectivity index (χ0n) is 9.47. The fourth-order valence-corrected chi connectivity index (χ4v) is 2.73. The summed E-state index contributed by atoms with van der Waals surface area (Å²) in [6.45, 7) is 0.756. The molecule has 3 rings (SSSR count). The Bertz CT molecular complexity index is 519. The van der Waals surface area contributed by atoms with Crippen LogP contribution in [-0.2, 0) is 0 Å². The second-order valence-electron chi connectivity index (χ2n) is 4.49. The van der Waals surface area contributed by atoms with Crippen LogP contribution in [0, 0.1) is 5.92 Å². The highest BCUT2D eigenvalue weighted by Crippen LogP contribution is 2.26. The van der Waals surface area contributed by atoms with Crippen LogP contribution in [0.4, 0.5) is 0 Å². The van der Waals surface area contributed by atoms with Crippen molar-refractivity contribution in [3.8, 4) is 5.88 Å². The molecule has 17 heavy (non-hydrogen) atoms. The van der Waals surface area contributed by atoms with Crippen molar-refractivity contribution < 1.29 is 4.74 Å². The first-order chi connectivity index (χ1) is 8.33. The van der Waals surface area contributed by atoms with Crippen molar-refractivity contribution in [3.63, 3.8) is 0 Å². The van der Waals surface area contributed by atoms with Crippen LogP contribution in [0.3, 0.4) is 0 Å². The van der Waals surface area contributed by atoms with E-state index in [0.717, 1.165) is 16.9 Å². The third-order valence-corrected chi connectivity index (χ3v) is 3.63. The van der Waals surface area contributed by atoms with Crippen LogP contribution >= 0.6 is 15.9 Å². The summed E-state index contributed by atoms with van der Waals surface area (Å²) in [7, 11) is 0. The molecule has 0 atom stereocenters. The number of imidazole rings is 1. The SMILES string of the molecule is Brc1cn2ccnc2c(OCC2CCCC2)n1. The van der Waals surface area contributed by atoms with E-state index >= 15 is 0 Å². The summed E-state index contributed by atoms with van der Waals surface area (Å²) in [4.78, 5) is 8.61. The van der Waals surface area contributed by atoms with Crippen molar-refractivity contribution in [2.75, 3.05) is 6.61 Å². The molecular weight excluding hydrogens is 282 g/mol. The number of fused-ring (bicyclic) bond motifs is 1. The van der Waals surface area contributed by atoms with Gasteiger partial charge in [-0.1, -0.05) is 12.8 Å². The van der Waals surface area contributed by atoms with Gasteiger partial charge in [0.05, 0.1) is 6.61 Å². The topological polar surface area (TPSA) is 39.4 Å². The van der Waals surface area contributed by atoms with E-state index in [2.05, 4.69) is 25.9 Å². The molecule has 0 N–H and O–H groups in total. The predicted octanol–water partition coefficient (Wildman–Crippen LogP) is 3.06. The van der Waals surface area contributed by atoms with Gasteiger partial charge in [-0.25, -0.2) is 9.97 Å². The molecule has 1 fully saturated rings. The summed E-state index contributed by atoms with van der Waals surface area (Å²) in [5.41, 5.74) is 0.784. The lowest BCUT2D eigenvalue weighted by molar-refractivity contribution is 0.244. The molecule has 2 aromatic rings. The van der Waals surface area contributed by atoms with Crippen molar-refractivity contribution in [2.45, 2.75) is 25.7 Å². The molecule has 90 valence electrons.